The van der Waals surface area contributed by atoms with Crippen LogP contribution >= 0.6 is 0 Å². The van der Waals surface area contributed by atoms with E-state index in [1.165, 1.54) is 43.3 Å². The Labute approximate surface area is 146 Å². The van der Waals surface area contributed by atoms with Gasteiger partial charge in [0, 0.05) is 5.92 Å². The Balaban J connectivity index is 1.82. The number of rotatable bonds is 3. The molecular formula is C22H32O2. The molecule has 2 nitrogen and oxygen atoms in total. The predicted octanol–water partition coefficient (Wildman–Crippen LogP) is 4.99. The van der Waals surface area contributed by atoms with Gasteiger partial charge in [-0.05, 0) is 74.2 Å². The van der Waals surface area contributed by atoms with Crippen LogP contribution in [-0.2, 0) is 4.79 Å². The number of hydrogen-bond donors (Lipinski definition) is 1. The fourth-order valence-corrected chi connectivity index (χ4v) is 5.63. The molecule has 0 heterocycles. The Bertz CT molecular complexity index is 571. The van der Waals surface area contributed by atoms with Crippen molar-refractivity contribution in [1.82, 2.24) is 0 Å². The van der Waals surface area contributed by atoms with Crippen LogP contribution in [0.5, 0.6) is 0 Å². The molecule has 0 aromatic carbocycles. The van der Waals surface area contributed by atoms with Gasteiger partial charge in [0.25, 0.3) is 0 Å². The van der Waals surface area contributed by atoms with E-state index in [-0.39, 0.29) is 17.4 Å². The van der Waals surface area contributed by atoms with Crippen molar-refractivity contribution in [1.29, 1.82) is 0 Å². The van der Waals surface area contributed by atoms with E-state index in [1.54, 1.807) is 5.57 Å². The minimum Gasteiger partial charge on any atom is -0.393 e. The fraction of sp³-hybridized carbons (Fsp3) is 0.682. The van der Waals surface area contributed by atoms with Crippen LogP contribution in [0.25, 0.3) is 0 Å². The molecule has 1 N–H and O–H groups in total. The monoisotopic (exact) mass is 328 g/mol. The van der Waals surface area contributed by atoms with Gasteiger partial charge >= 0.3 is 0 Å². The summed E-state index contributed by atoms with van der Waals surface area (Å²) in [6.07, 6.45) is 14.1. The van der Waals surface area contributed by atoms with Crippen molar-refractivity contribution in [3.05, 3.63) is 35.5 Å². The SMILES string of the molecule is C=C1CC[C@H](O)C/C1=C/C=C1\CCC[C@]2(C)C([C@H](C)C=O)CC[C@@H]12. The Morgan fingerprint density at radius 1 is 1.25 bits per heavy atom. The number of aldehydes is 1. The molecule has 132 valence electrons. The van der Waals surface area contributed by atoms with Gasteiger partial charge in [-0.15, -0.1) is 0 Å². The molecule has 24 heavy (non-hydrogen) atoms. The maximum Gasteiger partial charge on any atom is 0.123 e. The summed E-state index contributed by atoms with van der Waals surface area (Å²) in [6, 6.07) is 0. The third-order valence-corrected chi connectivity index (χ3v) is 7.07. The Hall–Kier alpha value is -1.15. The standard InChI is InChI=1S/C22H32O2/c1-15-6-9-19(24)13-18(15)8-7-17-5-4-12-22(3)20(16(2)14-23)10-11-21(17)22/h7-8,14,16,19-21,24H,1,4-6,9-13H2,2-3H3/b17-7+,18-8-/t16-,19+,20?,21+,22-/m1/s1. The van der Waals surface area contributed by atoms with E-state index >= 15 is 0 Å². The zero-order chi connectivity index (χ0) is 17.3. The van der Waals surface area contributed by atoms with Gasteiger partial charge in [0.1, 0.15) is 6.29 Å². The molecule has 0 saturated heterocycles. The largest absolute Gasteiger partial charge is 0.393 e. The molecule has 5 atom stereocenters. The highest BCUT2D eigenvalue weighted by molar-refractivity contribution is 5.54. The number of carbonyl (C=O) groups excluding carboxylic acids is 1. The quantitative estimate of drug-likeness (QED) is 0.741. The molecule has 0 aromatic rings. The second kappa shape index (κ2) is 7.00. The molecule has 3 fully saturated rings. The number of aliphatic hydroxyl groups excluding tert-OH is 1. The van der Waals surface area contributed by atoms with Gasteiger partial charge in [-0.3, -0.25) is 0 Å². The van der Waals surface area contributed by atoms with Crippen molar-refractivity contribution >= 4 is 6.29 Å². The van der Waals surface area contributed by atoms with Gasteiger partial charge in [0.2, 0.25) is 0 Å². The van der Waals surface area contributed by atoms with Crippen molar-refractivity contribution in [2.75, 3.05) is 0 Å². The Morgan fingerprint density at radius 2 is 2.04 bits per heavy atom. The van der Waals surface area contributed by atoms with Crippen LogP contribution in [0.2, 0.25) is 0 Å². The molecule has 0 bridgehead atoms. The van der Waals surface area contributed by atoms with E-state index in [0.29, 0.717) is 11.8 Å². The molecule has 0 aliphatic heterocycles. The summed E-state index contributed by atoms with van der Waals surface area (Å²) in [4.78, 5) is 11.3. The third-order valence-electron chi connectivity index (χ3n) is 7.07. The van der Waals surface area contributed by atoms with Gasteiger partial charge in [-0.1, -0.05) is 43.7 Å². The summed E-state index contributed by atoms with van der Waals surface area (Å²) in [7, 11) is 0. The highest BCUT2D eigenvalue weighted by atomic mass is 16.3. The van der Waals surface area contributed by atoms with Crippen LogP contribution < -0.4 is 0 Å². The average molecular weight is 328 g/mol. The van der Waals surface area contributed by atoms with E-state index in [1.807, 2.05) is 0 Å². The number of fused-ring (bicyclic) bond motifs is 1. The number of hydrogen-bond acceptors (Lipinski definition) is 2. The zero-order valence-electron chi connectivity index (χ0n) is 15.3. The van der Waals surface area contributed by atoms with Crippen LogP contribution in [-0.4, -0.2) is 17.5 Å². The van der Waals surface area contributed by atoms with Crippen molar-refractivity contribution in [3.63, 3.8) is 0 Å². The molecule has 3 rings (SSSR count). The smallest absolute Gasteiger partial charge is 0.123 e. The lowest BCUT2D eigenvalue weighted by molar-refractivity contribution is -0.113. The molecule has 2 heteroatoms. The van der Waals surface area contributed by atoms with Gasteiger partial charge < -0.3 is 9.90 Å². The number of carbonyl (C=O) groups is 1. The van der Waals surface area contributed by atoms with E-state index in [0.717, 1.165) is 25.5 Å². The number of aliphatic hydroxyl groups is 1. The minimum atomic E-state index is -0.207. The predicted molar refractivity (Wildman–Crippen MR) is 98.6 cm³/mol. The molecule has 0 amide bonds. The lowest BCUT2D eigenvalue weighted by Gasteiger charge is -2.43. The summed E-state index contributed by atoms with van der Waals surface area (Å²) in [5, 5.41) is 9.91. The van der Waals surface area contributed by atoms with E-state index in [2.05, 4.69) is 32.6 Å². The lowest BCUT2D eigenvalue weighted by Crippen LogP contribution is -2.36. The molecule has 0 radical (unpaired) electrons. The second-order valence-corrected chi connectivity index (χ2v) is 8.52. The average Bonchev–Trinajstić information content (AvgIpc) is 2.92. The van der Waals surface area contributed by atoms with Crippen molar-refractivity contribution < 1.29 is 9.90 Å². The van der Waals surface area contributed by atoms with Gasteiger partial charge in [0.15, 0.2) is 0 Å². The molecule has 3 aliphatic rings. The summed E-state index contributed by atoms with van der Waals surface area (Å²) >= 11 is 0. The van der Waals surface area contributed by atoms with Crippen LogP contribution in [0.15, 0.2) is 35.5 Å². The minimum absolute atomic E-state index is 0.172. The summed E-state index contributed by atoms with van der Waals surface area (Å²) < 4.78 is 0. The Kier molecular flexibility index (Phi) is 5.15. The van der Waals surface area contributed by atoms with Crippen LogP contribution in [0, 0.1) is 23.2 Å². The van der Waals surface area contributed by atoms with Gasteiger partial charge in [0.05, 0.1) is 6.10 Å². The van der Waals surface area contributed by atoms with Crippen molar-refractivity contribution in [2.24, 2.45) is 23.2 Å². The highest BCUT2D eigenvalue weighted by Crippen LogP contribution is 2.59. The third kappa shape index (κ3) is 3.18. The normalized spacial score (nSPS) is 41.5. The van der Waals surface area contributed by atoms with E-state index in [9.17, 15) is 9.90 Å². The lowest BCUT2D eigenvalue weighted by atomic mass is 9.61. The Morgan fingerprint density at radius 3 is 2.79 bits per heavy atom. The van der Waals surface area contributed by atoms with Gasteiger partial charge in [-0.2, -0.15) is 0 Å². The van der Waals surface area contributed by atoms with Crippen molar-refractivity contribution in [2.45, 2.75) is 71.3 Å². The number of allylic oxidation sites excluding steroid dienone is 4. The second-order valence-electron chi connectivity index (χ2n) is 8.52. The highest BCUT2D eigenvalue weighted by Gasteiger charge is 2.50. The molecular weight excluding hydrogens is 296 g/mol. The topological polar surface area (TPSA) is 37.3 Å². The molecule has 3 saturated carbocycles. The summed E-state index contributed by atoms with van der Waals surface area (Å²) in [6.45, 7) is 8.68. The summed E-state index contributed by atoms with van der Waals surface area (Å²) in [5.74, 6) is 1.33. The first kappa shape index (κ1) is 17.7. The first-order valence-electron chi connectivity index (χ1n) is 9.67. The molecule has 0 spiro atoms. The molecule has 3 aliphatic carbocycles. The maximum atomic E-state index is 11.3. The molecule has 0 aromatic heterocycles. The van der Waals surface area contributed by atoms with Crippen LogP contribution in [0.1, 0.15) is 65.2 Å². The first-order chi connectivity index (χ1) is 11.5. The summed E-state index contributed by atoms with van der Waals surface area (Å²) in [5.41, 5.74) is 4.26. The maximum absolute atomic E-state index is 11.3. The van der Waals surface area contributed by atoms with E-state index < -0.39 is 0 Å². The van der Waals surface area contributed by atoms with Crippen molar-refractivity contribution in [3.8, 4) is 0 Å². The van der Waals surface area contributed by atoms with Crippen LogP contribution in [0.3, 0.4) is 0 Å². The molecule has 1 unspecified atom stereocenters. The van der Waals surface area contributed by atoms with E-state index in [4.69, 9.17) is 0 Å². The zero-order valence-corrected chi connectivity index (χ0v) is 15.3. The van der Waals surface area contributed by atoms with Crippen LogP contribution in [0.4, 0.5) is 0 Å². The first-order valence-corrected chi connectivity index (χ1v) is 9.67. The van der Waals surface area contributed by atoms with Gasteiger partial charge in [-0.25, -0.2) is 0 Å². The fourth-order valence-electron chi connectivity index (χ4n) is 5.63.